The standard InChI is InChI=1S/C27H29F3N2O4/c1-16-14-31-32(15-16)20-10-9-19(27(28,29)30)23(24(25(33)34-5)36-26(2,3)4)22(20)18-8-11-21-17(13-18)7-6-12-35-21/h8-11,13-15,24H,6-7,12H2,1-5H3. The van der Waals surface area contributed by atoms with E-state index >= 15 is 0 Å². The molecule has 0 bridgehead atoms. The fraction of sp³-hybridized carbons (Fsp3) is 0.407. The first-order valence-electron chi connectivity index (χ1n) is 11.7. The molecule has 0 radical (unpaired) electrons. The number of carbonyl (C=O) groups is 1. The molecule has 6 nitrogen and oxygen atoms in total. The van der Waals surface area contributed by atoms with Crippen LogP contribution < -0.4 is 4.74 Å². The van der Waals surface area contributed by atoms with Crippen molar-refractivity contribution in [1.82, 2.24) is 9.78 Å². The summed E-state index contributed by atoms with van der Waals surface area (Å²) < 4.78 is 61.5. The number of alkyl halides is 3. The Kier molecular flexibility index (Phi) is 6.88. The fourth-order valence-electron chi connectivity index (χ4n) is 4.37. The molecule has 36 heavy (non-hydrogen) atoms. The van der Waals surface area contributed by atoms with Gasteiger partial charge in [-0.1, -0.05) is 6.07 Å². The molecule has 0 spiro atoms. The van der Waals surface area contributed by atoms with Crippen molar-refractivity contribution in [2.75, 3.05) is 13.7 Å². The molecule has 1 atom stereocenters. The molecule has 192 valence electrons. The Morgan fingerprint density at radius 2 is 1.92 bits per heavy atom. The van der Waals surface area contributed by atoms with Gasteiger partial charge in [-0.05, 0) is 81.5 Å². The zero-order valence-electron chi connectivity index (χ0n) is 20.9. The molecule has 4 rings (SSSR count). The lowest BCUT2D eigenvalue weighted by molar-refractivity contribution is -0.166. The van der Waals surface area contributed by atoms with E-state index in [0.717, 1.165) is 37.1 Å². The predicted octanol–water partition coefficient (Wildman–Crippen LogP) is 6.22. The van der Waals surface area contributed by atoms with Gasteiger partial charge in [0.1, 0.15) is 5.75 Å². The Balaban J connectivity index is 2.10. The second-order valence-corrected chi connectivity index (χ2v) is 9.79. The lowest BCUT2D eigenvalue weighted by Crippen LogP contribution is -2.30. The van der Waals surface area contributed by atoms with Crippen LogP contribution in [0, 0.1) is 6.92 Å². The van der Waals surface area contributed by atoms with Crippen LogP contribution >= 0.6 is 0 Å². The van der Waals surface area contributed by atoms with Gasteiger partial charge in [0.15, 0.2) is 6.10 Å². The first kappa shape index (κ1) is 25.8. The molecule has 1 aliphatic heterocycles. The van der Waals surface area contributed by atoms with Crippen molar-refractivity contribution in [3.63, 3.8) is 0 Å². The van der Waals surface area contributed by atoms with Gasteiger partial charge in [0, 0.05) is 17.3 Å². The number of esters is 1. The molecule has 9 heteroatoms. The molecule has 0 saturated heterocycles. The van der Waals surface area contributed by atoms with Crippen LogP contribution in [-0.4, -0.2) is 35.1 Å². The fourth-order valence-corrected chi connectivity index (χ4v) is 4.37. The highest BCUT2D eigenvalue weighted by molar-refractivity contribution is 5.86. The van der Waals surface area contributed by atoms with Gasteiger partial charge in [-0.25, -0.2) is 9.48 Å². The molecule has 0 fully saturated rings. The third kappa shape index (κ3) is 5.26. The van der Waals surface area contributed by atoms with Crippen LogP contribution in [0.1, 0.15) is 55.5 Å². The maximum atomic E-state index is 14.5. The first-order valence-corrected chi connectivity index (χ1v) is 11.7. The van der Waals surface area contributed by atoms with Crippen molar-refractivity contribution >= 4 is 5.97 Å². The van der Waals surface area contributed by atoms with E-state index in [1.165, 1.54) is 10.7 Å². The van der Waals surface area contributed by atoms with Crippen LogP contribution in [-0.2, 0) is 26.9 Å². The number of fused-ring (bicyclic) bond motifs is 1. The van der Waals surface area contributed by atoms with Crippen molar-refractivity contribution in [2.45, 2.75) is 58.4 Å². The zero-order valence-corrected chi connectivity index (χ0v) is 20.9. The highest BCUT2D eigenvalue weighted by Crippen LogP contribution is 2.46. The summed E-state index contributed by atoms with van der Waals surface area (Å²) in [6.07, 6.45) is -1.53. The molecule has 2 heterocycles. The molecule has 1 aliphatic rings. The van der Waals surface area contributed by atoms with Gasteiger partial charge < -0.3 is 14.2 Å². The molecular weight excluding hydrogens is 473 g/mol. The molecular formula is C27H29F3N2O4. The van der Waals surface area contributed by atoms with Gasteiger partial charge >= 0.3 is 12.1 Å². The number of ether oxygens (including phenoxy) is 3. The monoisotopic (exact) mass is 502 g/mol. The Morgan fingerprint density at radius 3 is 2.53 bits per heavy atom. The summed E-state index contributed by atoms with van der Waals surface area (Å²) >= 11 is 0. The van der Waals surface area contributed by atoms with E-state index in [4.69, 9.17) is 14.2 Å². The number of halogens is 3. The van der Waals surface area contributed by atoms with Crippen LogP contribution in [0.25, 0.3) is 16.8 Å². The highest BCUT2D eigenvalue weighted by Gasteiger charge is 2.42. The largest absolute Gasteiger partial charge is 0.493 e. The maximum absolute atomic E-state index is 14.5. The Labute approximate surface area is 208 Å². The van der Waals surface area contributed by atoms with Gasteiger partial charge in [-0.3, -0.25) is 0 Å². The average molecular weight is 503 g/mol. The van der Waals surface area contributed by atoms with E-state index in [1.54, 1.807) is 45.3 Å². The second kappa shape index (κ2) is 9.61. The zero-order chi connectivity index (χ0) is 26.3. The van der Waals surface area contributed by atoms with E-state index < -0.39 is 29.4 Å². The Bertz CT molecular complexity index is 1270. The van der Waals surface area contributed by atoms with Crippen LogP contribution in [0.15, 0.2) is 42.7 Å². The van der Waals surface area contributed by atoms with Crippen LogP contribution in [0.5, 0.6) is 5.75 Å². The molecule has 0 saturated carbocycles. The first-order chi connectivity index (χ1) is 16.9. The molecule has 0 N–H and O–H groups in total. The van der Waals surface area contributed by atoms with E-state index in [2.05, 4.69) is 5.10 Å². The Hall–Kier alpha value is -3.33. The topological polar surface area (TPSA) is 62.6 Å². The number of hydrogen-bond acceptors (Lipinski definition) is 5. The number of aryl methyl sites for hydroxylation is 2. The van der Waals surface area contributed by atoms with Crippen molar-refractivity contribution in [3.05, 3.63) is 65.0 Å². The lowest BCUT2D eigenvalue weighted by Gasteiger charge is -2.30. The van der Waals surface area contributed by atoms with E-state index in [-0.39, 0.29) is 11.1 Å². The van der Waals surface area contributed by atoms with Crippen molar-refractivity contribution in [1.29, 1.82) is 0 Å². The maximum Gasteiger partial charge on any atom is 0.416 e. The van der Waals surface area contributed by atoms with E-state index in [0.29, 0.717) is 23.6 Å². The van der Waals surface area contributed by atoms with E-state index in [1.807, 2.05) is 13.0 Å². The molecule has 0 amide bonds. The minimum atomic E-state index is -4.76. The lowest BCUT2D eigenvalue weighted by atomic mass is 9.88. The summed E-state index contributed by atoms with van der Waals surface area (Å²) in [7, 11) is 1.13. The number of methoxy groups -OCH3 is 1. The van der Waals surface area contributed by atoms with Gasteiger partial charge in [0.05, 0.1) is 36.8 Å². The highest BCUT2D eigenvalue weighted by atomic mass is 19.4. The van der Waals surface area contributed by atoms with Gasteiger partial charge in [0.25, 0.3) is 0 Å². The Morgan fingerprint density at radius 1 is 1.17 bits per heavy atom. The number of hydrogen-bond donors (Lipinski definition) is 0. The summed E-state index contributed by atoms with van der Waals surface area (Å²) in [6.45, 7) is 7.44. The van der Waals surface area contributed by atoms with Gasteiger partial charge in [0.2, 0.25) is 0 Å². The average Bonchev–Trinajstić information content (AvgIpc) is 3.25. The number of rotatable bonds is 5. The predicted molar refractivity (Wildman–Crippen MR) is 128 cm³/mol. The quantitative estimate of drug-likeness (QED) is 0.388. The molecule has 3 aromatic rings. The van der Waals surface area contributed by atoms with E-state index in [9.17, 15) is 18.0 Å². The third-order valence-electron chi connectivity index (χ3n) is 5.83. The van der Waals surface area contributed by atoms with Crippen molar-refractivity contribution in [3.8, 4) is 22.6 Å². The van der Waals surface area contributed by atoms with Gasteiger partial charge in [-0.15, -0.1) is 0 Å². The number of nitrogens with zero attached hydrogens (tertiary/aromatic N) is 2. The molecule has 0 aliphatic carbocycles. The second-order valence-electron chi connectivity index (χ2n) is 9.79. The summed E-state index contributed by atoms with van der Waals surface area (Å²) in [5.41, 5.74) is 0.559. The van der Waals surface area contributed by atoms with Crippen molar-refractivity contribution < 1.29 is 32.2 Å². The summed E-state index contributed by atoms with van der Waals surface area (Å²) in [5.74, 6) is -0.225. The smallest absolute Gasteiger partial charge is 0.416 e. The van der Waals surface area contributed by atoms with Crippen molar-refractivity contribution in [2.24, 2.45) is 0 Å². The van der Waals surface area contributed by atoms with Crippen LogP contribution in [0.3, 0.4) is 0 Å². The minimum absolute atomic E-state index is 0.195. The minimum Gasteiger partial charge on any atom is -0.493 e. The summed E-state index contributed by atoms with van der Waals surface area (Å²) in [6, 6.07) is 7.61. The number of aromatic nitrogens is 2. The molecule has 1 aromatic heterocycles. The number of carbonyl (C=O) groups excluding carboxylic acids is 1. The van der Waals surface area contributed by atoms with Crippen LogP contribution in [0.2, 0.25) is 0 Å². The van der Waals surface area contributed by atoms with Gasteiger partial charge in [-0.2, -0.15) is 18.3 Å². The SMILES string of the molecule is COC(=O)C(OC(C)(C)C)c1c(C(F)(F)F)ccc(-n2cc(C)cn2)c1-c1ccc2c(c1)CCCO2. The summed E-state index contributed by atoms with van der Waals surface area (Å²) in [4.78, 5) is 13.0. The third-order valence-corrected chi connectivity index (χ3v) is 5.83. The summed E-state index contributed by atoms with van der Waals surface area (Å²) in [5, 5.41) is 4.35. The number of benzene rings is 2. The van der Waals surface area contributed by atoms with Crippen LogP contribution in [0.4, 0.5) is 13.2 Å². The molecule has 1 unspecified atom stereocenters. The molecule has 2 aromatic carbocycles. The normalized spacial score (nSPS) is 14.7.